The number of allylic oxidation sites excluding steroid dienone is 9. The molecule has 30 heavy (non-hydrogen) atoms. The molecule has 1 fully saturated rings. The van der Waals surface area contributed by atoms with Gasteiger partial charge in [-0.15, -0.1) is 0 Å². The van der Waals surface area contributed by atoms with Crippen molar-refractivity contribution < 1.29 is 0 Å². The lowest BCUT2D eigenvalue weighted by Gasteiger charge is -2.56. The van der Waals surface area contributed by atoms with Crippen molar-refractivity contribution >= 4 is 0 Å². The second-order valence-electron chi connectivity index (χ2n) is 11.4. The summed E-state index contributed by atoms with van der Waals surface area (Å²) in [7, 11) is 0. The van der Waals surface area contributed by atoms with Crippen molar-refractivity contribution in [3.05, 3.63) is 59.8 Å². The van der Waals surface area contributed by atoms with E-state index < -0.39 is 0 Å². The SMILES string of the molecule is C=C1C=CC(C(C)C)CC1.CC1=CCC(C(C)C)C=C1.CC1=CCC2CC1C2(C)C. The van der Waals surface area contributed by atoms with Crippen molar-refractivity contribution in [1.82, 2.24) is 0 Å². The van der Waals surface area contributed by atoms with Crippen LogP contribution in [0.1, 0.15) is 87.5 Å². The Kier molecular flexibility index (Phi) is 9.01. The van der Waals surface area contributed by atoms with E-state index in [1.165, 1.54) is 43.3 Å². The molecule has 0 aromatic heterocycles. The summed E-state index contributed by atoms with van der Waals surface area (Å²) in [5, 5.41) is 0. The summed E-state index contributed by atoms with van der Waals surface area (Å²) in [6.07, 6.45) is 20.3. The molecule has 4 unspecified atom stereocenters. The highest BCUT2D eigenvalue weighted by atomic mass is 14.5. The first kappa shape index (κ1) is 25.0. The van der Waals surface area contributed by atoms with Crippen LogP contribution in [0, 0.1) is 40.9 Å². The largest absolute Gasteiger partial charge is 0.0958 e. The molecule has 0 aromatic carbocycles. The standard InChI is InChI=1S/3C10H16/c1-7-4-5-8-6-9(7)10(8,2)3;2*1-8(2)10-6-4-9(3)5-7-10/h4,8-9H,5-6H2,1-3H3;4-6,8,10H,7H2,1-3H3;4,6,8,10H,3,5,7H2,1-2H3. The highest BCUT2D eigenvalue weighted by Gasteiger charge is 2.49. The van der Waals surface area contributed by atoms with E-state index in [1.54, 1.807) is 5.57 Å². The number of hydrogen-bond donors (Lipinski definition) is 0. The molecule has 0 radical (unpaired) electrons. The van der Waals surface area contributed by atoms with Gasteiger partial charge < -0.3 is 0 Å². The molecule has 0 aliphatic heterocycles. The Labute approximate surface area is 188 Å². The van der Waals surface area contributed by atoms with E-state index in [0.717, 1.165) is 35.5 Å². The molecule has 168 valence electrons. The molecule has 5 rings (SSSR count). The first-order valence-corrected chi connectivity index (χ1v) is 12.4. The Morgan fingerprint density at radius 3 is 1.90 bits per heavy atom. The lowest BCUT2D eigenvalue weighted by molar-refractivity contribution is -0.00579. The minimum atomic E-state index is 0.638. The van der Waals surface area contributed by atoms with Crippen LogP contribution in [0.3, 0.4) is 0 Å². The highest BCUT2D eigenvalue weighted by Crippen LogP contribution is 2.58. The van der Waals surface area contributed by atoms with Gasteiger partial charge in [-0.05, 0) is 86.9 Å². The van der Waals surface area contributed by atoms with E-state index in [0.29, 0.717) is 5.41 Å². The maximum atomic E-state index is 3.92. The summed E-state index contributed by atoms with van der Waals surface area (Å²) in [4.78, 5) is 0. The van der Waals surface area contributed by atoms with Gasteiger partial charge in [0.05, 0.1) is 0 Å². The summed E-state index contributed by atoms with van der Waals surface area (Å²) in [5.74, 6) is 5.09. The Morgan fingerprint density at radius 1 is 0.900 bits per heavy atom. The molecule has 2 bridgehead atoms. The molecule has 0 saturated heterocycles. The molecule has 0 amide bonds. The fraction of sp³-hybridized carbons (Fsp3) is 0.667. The number of rotatable bonds is 2. The molecule has 4 atom stereocenters. The van der Waals surface area contributed by atoms with Crippen LogP contribution in [0.5, 0.6) is 0 Å². The van der Waals surface area contributed by atoms with E-state index in [2.05, 4.69) is 98.4 Å². The van der Waals surface area contributed by atoms with Crippen LogP contribution in [0.2, 0.25) is 0 Å². The zero-order chi connectivity index (χ0) is 22.5. The summed E-state index contributed by atoms with van der Waals surface area (Å²) in [5.41, 5.74) is 4.99. The topological polar surface area (TPSA) is 0 Å². The predicted molar refractivity (Wildman–Crippen MR) is 135 cm³/mol. The van der Waals surface area contributed by atoms with Crippen molar-refractivity contribution in [2.45, 2.75) is 87.5 Å². The Morgan fingerprint density at radius 2 is 1.53 bits per heavy atom. The van der Waals surface area contributed by atoms with Crippen LogP contribution in [-0.2, 0) is 0 Å². The van der Waals surface area contributed by atoms with E-state index in [4.69, 9.17) is 0 Å². The van der Waals surface area contributed by atoms with Crippen molar-refractivity contribution in [2.24, 2.45) is 40.9 Å². The van der Waals surface area contributed by atoms with Gasteiger partial charge in [-0.3, -0.25) is 0 Å². The molecule has 0 spiro atoms. The third kappa shape index (κ3) is 6.60. The van der Waals surface area contributed by atoms with Crippen LogP contribution < -0.4 is 0 Å². The molecule has 0 heterocycles. The molecule has 0 aromatic rings. The molecular weight excluding hydrogens is 360 g/mol. The molecule has 0 nitrogen and oxygen atoms in total. The van der Waals surface area contributed by atoms with Crippen molar-refractivity contribution in [3.8, 4) is 0 Å². The lowest BCUT2D eigenvalue weighted by Crippen LogP contribution is -2.47. The second kappa shape index (κ2) is 10.8. The van der Waals surface area contributed by atoms with Gasteiger partial charge in [-0.2, -0.15) is 0 Å². The first-order chi connectivity index (χ1) is 14.0. The second-order valence-corrected chi connectivity index (χ2v) is 11.4. The minimum Gasteiger partial charge on any atom is -0.0958 e. The number of fused-ring (bicyclic) bond motifs is 1. The van der Waals surface area contributed by atoms with Crippen LogP contribution >= 0.6 is 0 Å². The van der Waals surface area contributed by atoms with Crippen molar-refractivity contribution in [1.29, 1.82) is 0 Å². The Balaban J connectivity index is 0.000000160. The molecule has 0 heteroatoms. The molecule has 5 aliphatic carbocycles. The average molecular weight is 409 g/mol. The quantitative estimate of drug-likeness (QED) is 0.399. The lowest BCUT2D eigenvalue weighted by atomic mass is 9.49. The van der Waals surface area contributed by atoms with Gasteiger partial charge in [0.25, 0.3) is 0 Å². The van der Waals surface area contributed by atoms with Gasteiger partial charge in [-0.25, -0.2) is 0 Å². The monoisotopic (exact) mass is 408 g/mol. The number of hydrogen-bond acceptors (Lipinski definition) is 0. The van der Waals surface area contributed by atoms with E-state index >= 15 is 0 Å². The normalized spacial score (nSPS) is 31.1. The maximum Gasteiger partial charge on any atom is -0.0149 e. The third-order valence-electron chi connectivity index (χ3n) is 8.15. The van der Waals surface area contributed by atoms with Crippen molar-refractivity contribution in [3.63, 3.8) is 0 Å². The minimum absolute atomic E-state index is 0.638. The van der Waals surface area contributed by atoms with E-state index in [-0.39, 0.29) is 0 Å². The third-order valence-corrected chi connectivity index (χ3v) is 8.15. The fourth-order valence-corrected chi connectivity index (χ4v) is 5.24. The smallest absolute Gasteiger partial charge is 0.0149 e. The zero-order valence-electron chi connectivity index (χ0n) is 21.2. The van der Waals surface area contributed by atoms with E-state index in [9.17, 15) is 0 Å². The molecule has 1 saturated carbocycles. The van der Waals surface area contributed by atoms with Gasteiger partial charge in [0.15, 0.2) is 0 Å². The van der Waals surface area contributed by atoms with Gasteiger partial charge in [0.1, 0.15) is 0 Å². The van der Waals surface area contributed by atoms with Gasteiger partial charge in [-0.1, -0.05) is 101 Å². The van der Waals surface area contributed by atoms with Gasteiger partial charge >= 0.3 is 0 Å². The summed E-state index contributed by atoms with van der Waals surface area (Å²) < 4.78 is 0. The van der Waals surface area contributed by atoms with Crippen molar-refractivity contribution in [2.75, 3.05) is 0 Å². The van der Waals surface area contributed by atoms with Crippen LogP contribution in [-0.4, -0.2) is 0 Å². The summed E-state index contributed by atoms with van der Waals surface area (Å²) in [6, 6.07) is 0. The fourth-order valence-electron chi connectivity index (χ4n) is 5.24. The maximum absolute atomic E-state index is 3.92. The zero-order valence-corrected chi connectivity index (χ0v) is 21.2. The van der Waals surface area contributed by atoms with E-state index in [1.807, 2.05) is 0 Å². The predicted octanol–water partition coefficient (Wildman–Crippen LogP) is 9.33. The highest BCUT2D eigenvalue weighted by molar-refractivity contribution is 5.22. The molecular formula is C30H48. The van der Waals surface area contributed by atoms with Crippen LogP contribution in [0.4, 0.5) is 0 Å². The first-order valence-electron chi connectivity index (χ1n) is 12.4. The summed E-state index contributed by atoms with van der Waals surface area (Å²) >= 11 is 0. The summed E-state index contributed by atoms with van der Waals surface area (Å²) in [6.45, 7) is 22.3. The van der Waals surface area contributed by atoms with Gasteiger partial charge in [0.2, 0.25) is 0 Å². The Bertz CT molecular complexity index is 690. The van der Waals surface area contributed by atoms with Crippen LogP contribution in [0.15, 0.2) is 59.8 Å². The Hall–Kier alpha value is -1.30. The van der Waals surface area contributed by atoms with Gasteiger partial charge in [0, 0.05) is 0 Å². The molecule has 5 aliphatic rings. The van der Waals surface area contributed by atoms with Crippen LogP contribution in [0.25, 0.3) is 0 Å². The average Bonchev–Trinajstić information content (AvgIpc) is 2.69. The molecule has 0 N–H and O–H groups in total.